The lowest BCUT2D eigenvalue weighted by atomic mass is 11.1. The van der Waals surface area contributed by atoms with E-state index in [1.807, 2.05) is 0 Å². The average molecular weight is 256 g/mol. The molecule has 0 bridgehead atoms. The number of quaternary nitrogens is 2. The summed E-state index contributed by atoms with van der Waals surface area (Å²) in [4.78, 5) is 20.9. The largest absolute Gasteiger partial charge is 0.357 e. The first-order chi connectivity index (χ1) is 7.60. The molecule has 0 atom stereocenters. The zero-order valence-corrected chi connectivity index (χ0v) is 11.5. The van der Waals surface area contributed by atoms with Crippen molar-refractivity contribution in [1.82, 2.24) is 15.6 Å². The molecule has 0 saturated heterocycles. The Balaban J connectivity index is 4.93. The predicted molar refractivity (Wildman–Crippen MR) is 57.3 cm³/mol. The summed E-state index contributed by atoms with van der Waals surface area (Å²) in [7, 11) is 11.3. The van der Waals surface area contributed by atoms with Gasteiger partial charge in [0.15, 0.2) is 0 Å². The van der Waals surface area contributed by atoms with Crippen molar-refractivity contribution in [3.8, 4) is 0 Å². The van der Waals surface area contributed by atoms with Gasteiger partial charge in [-0.1, -0.05) is 4.76 Å². The second-order valence-electron chi connectivity index (χ2n) is 4.05. The molecule has 3 N–H and O–H groups in total. The summed E-state index contributed by atoms with van der Waals surface area (Å²) in [5.74, 6) is 5.70. The molecule has 0 radical (unpaired) electrons. The number of hydrogen-bond donors (Lipinski definition) is 2. The van der Waals surface area contributed by atoms with Crippen LogP contribution in [0.2, 0.25) is 0 Å². The van der Waals surface area contributed by atoms with Gasteiger partial charge < -0.3 is 0 Å². The molecule has 0 fully saturated rings. The standard InChI is InChI=1S/C7H24N6O4/c1-9-14-13(15-10(2)3,16-11(4)5)17-12(6,7)8/h9H,8H2,1-7H3/q+2. The Morgan fingerprint density at radius 2 is 1.41 bits per heavy atom. The SMILES string of the molecule is CNO[N+](ON(C)C)(ON(C)C)O[N+](C)(C)N. The molecule has 10 nitrogen and oxygen atoms in total. The van der Waals surface area contributed by atoms with Crippen LogP contribution in [-0.4, -0.2) is 69.4 Å². The Bertz CT molecular complexity index is 209. The van der Waals surface area contributed by atoms with Crippen molar-refractivity contribution in [3.05, 3.63) is 0 Å². The fourth-order valence-electron chi connectivity index (χ4n) is 0.864. The summed E-state index contributed by atoms with van der Waals surface area (Å²) in [5, 5.41) is 1.59. The first kappa shape index (κ1) is 16.6. The number of nitrogens with zero attached hydrogens (tertiary/aromatic N) is 4. The third-order valence-corrected chi connectivity index (χ3v) is 1.04. The molecule has 0 spiro atoms. The molecule has 0 aromatic carbocycles. The molecule has 0 unspecified atom stereocenters. The first-order valence-electron chi connectivity index (χ1n) is 4.92. The van der Waals surface area contributed by atoms with E-state index in [9.17, 15) is 0 Å². The van der Waals surface area contributed by atoms with Gasteiger partial charge in [0.05, 0.1) is 0 Å². The molecule has 0 aliphatic rings. The van der Waals surface area contributed by atoms with Crippen molar-refractivity contribution in [2.45, 2.75) is 0 Å². The van der Waals surface area contributed by atoms with Crippen LogP contribution < -0.4 is 11.3 Å². The maximum atomic E-state index is 5.70. The molecule has 0 aliphatic carbocycles. The minimum Gasteiger partial charge on any atom is -0.143 e. The topological polar surface area (TPSA) is 81.4 Å². The van der Waals surface area contributed by atoms with Gasteiger partial charge in [-0.25, -0.2) is 0 Å². The van der Waals surface area contributed by atoms with Crippen LogP contribution in [0.3, 0.4) is 0 Å². The highest BCUT2D eigenvalue weighted by atomic mass is 17.5. The zero-order chi connectivity index (χ0) is 13.7. The predicted octanol–water partition coefficient (Wildman–Crippen LogP) is -1.52. The summed E-state index contributed by atoms with van der Waals surface area (Å²) < 4.78 is -0.399. The van der Waals surface area contributed by atoms with Crippen LogP contribution in [0.15, 0.2) is 0 Å². The lowest BCUT2D eigenvalue weighted by Crippen LogP contribution is -2.63. The van der Waals surface area contributed by atoms with E-state index in [4.69, 9.17) is 25.6 Å². The van der Waals surface area contributed by atoms with Crippen molar-refractivity contribution in [3.63, 3.8) is 0 Å². The molecular weight excluding hydrogens is 232 g/mol. The molecule has 0 heterocycles. The number of hydroxylamine groups is 7. The Kier molecular flexibility index (Phi) is 6.36. The Morgan fingerprint density at radius 1 is 1.00 bits per heavy atom. The molecule has 0 rings (SSSR count). The van der Waals surface area contributed by atoms with Crippen molar-refractivity contribution in [2.24, 2.45) is 5.84 Å². The monoisotopic (exact) mass is 256 g/mol. The number of hydrogen-bond acceptors (Lipinski definition) is 8. The molecule has 17 heavy (non-hydrogen) atoms. The highest BCUT2D eigenvalue weighted by molar-refractivity contribution is 3.97. The first-order valence-corrected chi connectivity index (χ1v) is 4.92. The summed E-state index contributed by atoms with van der Waals surface area (Å²) in [5.41, 5.74) is 2.42. The summed E-state index contributed by atoms with van der Waals surface area (Å²) in [6.45, 7) is 0. The molecule has 0 saturated carbocycles. The fraction of sp³-hybridized carbons (Fsp3) is 1.00. The Hall–Kier alpha value is -0.400. The minimum absolute atomic E-state index is 0.399. The van der Waals surface area contributed by atoms with E-state index in [1.54, 1.807) is 42.3 Å². The number of nitrogens with one attached hydrogen (secondary N) is 1. The van der Waals surface area contributed by atoms with Crippen LogP contribution in [0.1, 0.15) is 0 Å². The highest BCUT2D eigenvalue weighted by Gasteiger charge is 2.51. The summed E-state index contributed by atoms with van der Waals surface area (Å²) in [6, 6.07) is 0. The van der Waals surface area contributed by atoms with Crippen molar-refractivity contribution >= 4 is 0 Å². The minimum atomic E-state index is -1.10. The van der Waals surface area contributed by atoms with E-state index < -0.39 is 9.89 Å². The van der Waals surface area contributed by atoms with E-state index in [0.717, 1.165) is 0 Å². The lowest BCUT2D eigenvalue weighted by Gasteiger charge is -2.28. The van der Waals surface area contributed by atoms with Crippen molar-refractivity contribution < 1.29 is 29.6 Å². The van der Waals surface area contributed by atoms with Crippen LogP contribution in [0.25, 0.3) is 0 Å². The van der Waals surface area contributed by atoms with Crippen LogP contribution in [-0.2, 0) is 19.8 Å². The van der Waals surface area contributed by atoms with Crippen molar-refractivity contribution in [1.29, 1.82) is 0 Å². The molecule has 0 amide bonds. The molecule has 0 aromatic rings. The van der Waals surface area contributed by atoms with E-state index in [1.165, 1.54) is 17.2 Å². The van der Waals surface area contributed by atoms with Gasteiger partial charge in [0.1, 0.15) is 19.0 Å². The quantitative estimate of drug-likeness (QED) is 0.308. The average Bonchev–Trinajstić information content (AvgIpc) is 1.95. The molecule has 0 aliphatic heterocycles. The van der Waals surface area contributed by atoms with Gasteiger partial charge >= 0.3 is 5.14 Å². The van der Waals surface area contributed by atoms with E-state index in [-0.39, 0.29) is 0 Å². The fourth-order valence-corrected chi connectivity index (χ4v) is 0.864. The molecule has 10 heteroatoms. The molecule has 104 valence electrons. The normalized spacial score (nSPS) is 13.8. The smallest absolute Gasteiger partial charge is 0.143 e. The van der Waals surface area contributed by atoms with Gasteiger partial charge in [-0.2, -0.15) is 0 Å². The van der Waals surface area contributed by atoms with Crippen molar-refractivity contribution in [2.75, 3.05) is 49.3 Å². The second kappa shape index (κ2) is 6.51. The second-order valence-corrected chi connectivity index (χ2v) is 4.05. The van der Waals surface area contributed by atoms with Crippen LogP contribution in [0.4, 0.5) is 0 Å². The highest BCUT2D eigenvalue weighted by Crippen LogP contribution is 2.16. The van der Waals surface area contributed by atoms with Gasteiger partial charge in [0.25, 0.3) is 0 Å². The maximum Gasteiger partial charge on any atom is 0.357 e. The third-order valence-electron chi connectivity index (χ3n) is 1.04. The zero-order valence-electron chi connectivity index (χ0n) is 11.5. The van der Waals surface area contributed by atoms with E-state index in [2.05, 4.69) is 5.48 Å². The lowest BCUT2D eigenvalue weighted by molar-refractivity contribution is -1.58. The number of nitrogens with two attached hydrogens (primary N) is 1. The Morgan fingerprint density at radius 3 is 1.65 bits per heavy atom. The van der Waals surface area contributed by atoms with Gasteiger partial charge in [0, 0.05) is 50.1 Å². The van der Waals surface area contributed by atoms with Gasteiger partial charge in [-0.15, -0.1) is 21.4 Å². The summed E-state index contributed by atoms with van der Waals surface area (Å²) in [6.07, 6.45) is 0. The van der Waals surface area contributed by atoms with Crippen LogP contribution in [0.5, 0.6) is 0 Å². The number of rotatable bonds is 8. The van der Waals surface area contributed by atoms with Crippen LogP contribution >= 0.6 is 0 Å². The summed E-state index contributed by atoms with van der Waals surface area (Å²) >= 11 is 0. The van der Waals surface area contributed by atoms with Gasteiger partial charge in [-0.3, -0.25) is 0 Å². The van der Waals surface area contributed by atoms with Gasteiger partial charge in [-0.05, 0) is 0 Å². The van der Waals surface area contributed by atoms with Crippen LogP contribution in [0, 0.1) is 0 Å². The third kappa shape index (κ3) is 7.51. The van der Waals surface area contributed by atoms with Gasteiger partial charge in [0.2, 0.25) is 0 Å². The Labute approximate surface area is 101 Å². The van der Waals surface area contributed by atoms with E-state index >= 15 is 0 Å². The maximum absolute atomic E-state index is 5.70. The molecule has 0 aromatic heterocycles. The van der Waals surface area contributed by atoms with E-state index in [0.29, 0.717) is 0 Å². The molecular formula is C7H24N6O4+2.